The van der Waals surface area contributed by atoms with Gasteiger partial charge in [-0.15, -0.1) is 0 Å². The first-order valence-electron chi connectivity index (χ1n) is 9.43. The summed E-state index contributed by atoms with van der Waals surface area (Å²) in [5.74, 6) is -0.0747. The molecule has 6 nitrogen and oxygen atoms in total. The van der Waals surface area contributed by atoms with E-state index in [1.54, 1.807) is 6.92 Å². The highest BCUT2D eigenvalue weighted by Crippen LogP contribution is 2.12. The lowest BCUT2D eigenvalue weighted by Gasteiger charge is -2.33. The minimum absolute atomic E-state index is 0.0747. The van der Waals surface area contributed by atoms with Gasteiger partial charge in [0, 0.05) is 23.8 Å². The van der Waals surface area contributed by atoms with E-state index in [0.29, 0.717) is 5.56 Å². The second-order valence-corrected chi connectivity index (χ2v) is 7.16. The third-order valence-corrected chi connectivity index (χ3v) is 5.08. The van der Waals surface area contributed by atoms with Gasteiger partial charge in [0.15, 0.2) is 0 Å². The molecule has 3 N–H and O–H groups in total. The second-order valence-electron chi connectivity index (χ2n) is 7.16. The van der Waals surface area contributed by atoms with Crippen molar-refractivity contribution >= 4 is 5.91 Å². The Hall–Kier alpha value is -2.34. The molecule has 1 amide bonds. The fourth-order valence-corrected chi connectivity index (χ4v) is 3.65. The van der Waals surface area contributed by atoms with Gasteiger partial charge >= 0.3 is 0 Å². The molecule has 1 aliphatic rings. The number of hydrogen-bond acceptors (Lipinski definition) is 3. The van der Waals surface area contributed by atoms with Gasteiger partial charge in [0.25, 0.3) is 5.56 Å². The molecule has 2 heterocycles. The van der Waals surface area contributed by atoms with Gasteiger partial charge in [0.1, 0.15) is 0 Å². The van der Waals surface area contributed by atoms with Crippen LogP contribution in [0.2, 0.25) is 0 Å². The van der Waals surface area contributed by atoms with Crippen LogP contribution in [0.25, 0.3) is 0 Å². The molecule has 1 aromatic carbocycles. The molecule has 0 radical (unpaired) electrons. The summed E-state index contributed by atoms with van der Waals surface area (Å²) in [6, 6.07) is 10.7. The number of nitrogens with zero attached hydrogens (tertiary/aromatic N) is 1. The molecular weight excluding hydrogens is 328 g/mol. The summed E-state index contributed by atoms with van der Waals surface area (Å²) in [7, 11) is 0. The first kappa shape index (κ1) is 18.5. The van der Waals surface area contributed by atoms with Crippen molar-refractivity contribution in [3.63, 3.8) is 0 Å². The van der Waals surface area contributed by atoms with Gasteiger partial charge in [0.2, 0.25) is 5.91 Å². The molecular formula is C20H28N4O2. The molecule has 26 heavy (non-hydrogen) atoms. The molecule has 1 aliphatic heterocycles. The zero-order valence-electron chi connectivity index (χ0n) is 15.4. The fourth-order valence-electron chi connectivity index (χ4n) is 3.65. The first-order chi connectivity index (χ1) is 12.6. The second kappa shape index (κ2) is 8.85. The van der Waals surface area contributed by atoms with Gasteiger partial charge in [-0.1, -0.05) is 30.3 Å². The molecule has 1 fully saturated rings. The van der Waals surface area contributed by atoms with Crippen molar-refractivity contribution in [3.8, 4) is 0 Å². The average molecular weight is 356 g/mol. The number of aromatic nitrogens is 2. The molecule has 1 saturated heterocycles. The normalized spacial score (nSPS) is 18.0. The van der Waals surface area contributed by atoms with Crippen molar-refractivity contribution in [2.24, 2.45) is 0 Å². The number of benzene rings is 1. The number of hydrogen-bond donors (Lipinski definition) is 3. The molecule has 6 heteroatoms. The molecule has 0 saturated carbocycles. The van der Waals surface area contributed by atoms with E-state index in [1.807, 2.05) is 6.07 Å². The van der Waals surface area contributed by atoms with Gasteiger partial charge < -0.3 is 15.3 Å². The zero-order valence-corrected chi connectivity index (χ0v) is 15.4. The van der Waals surface area contributed by atoms with E-state index in [0.717, 1.165) is 51.0 Å². The van der Waals surface area contributed by atoms with Crippen LogP contribution in [0.3, 0.4) is 0 Å². The van der Waals surface area contributed by atoms with Gasteiger partial charge in [-0.3, -0.25) is 14.7 Å². The largest absolute Gasteiger partial charge is 0.352 e. The quantitative estimate of drug-likeness (QED) is 0.707. The number of aryl methyl sites for hydroxylation is 2. The zero-order chi connectivity index (χ0) is 18.4. The Bertz CT molecular complexity index is 766. The predicted octanol–water partition coefficient (Wildman–Crippen LogP) is 1.77. The van der Waals surface area contributed by atoms with Crippen molar-refractivity contribution in [3.05, 3.63) is 57.5 Å². The Kier molecular flexibility index (Phi) is 6.28. The number of H-pyrrole nitrogens is 2. The number of piperidine rings is 1. The molecule has 2 aromatic rings. The van der Waals surface area contributed by atoms with Crippen LogP contribution in [0.4, 0.5) is 0 Å². The lowest BCUT2D eigenvalue weighted by Crippen LogP contribution is -2.48. The highest BCUT2D eigenvalue weighted by molar-refractivity contribution is 5.79. The number of rotatable bonds is 7. The molecule has 0 spiro atoms. The smallest absolute Gasteiger partial charge is 0.267 e. The number of likely N-dealkylation sites (tertiary alicyclic amines) is 1. The van der Waals surface area contributed by atoms with Crippen molar-refractivity contribution in [2.45, 2.75) is 45.1 Å². The maximum Gasteiger partial charge on any atom is 0.267 e. The third kappa shape index (κ3) is 5.08. The summed E-state index contributed by atoms with van der Waals surface area (Å²) in [6.45, 7) is 4.84. The number of carbonyl (C=O) groups excluding carboxylic acids is 1. The number of carbonyl (C=O) groups is 1. The van der Waals surface area contributed by atoms with Crippen molar-refractivity contribution < 1.29 is 4.79 Å². The molecule has 3 rings (SSSR count). The lowest BCUT2D eigenvalue weighted by molar-refractivity contribution is -0.121. The molecule has 1 aromatic heterocycles. The maximum atomic E-state index is 12.3. The Balaban J connectivity index is 1.43. The van der Waals surface area contributed by atoms with E-state index in [9.17, 15) is 9.59 Å². The Morgan fingerprint density at radius 3 is 2.81 bits per heavy atom. The molecule has 0 unspecified atom stereocenters. The summed E-state index contributed by atoms with van der Waals surface area (Å²) in [5, 5.41) is 8.39. The van der Waals surface area contributed by atoms with E-state index in [1.165, 1.54) is 5.56 Å². The SMILES string of the molecule is Cc1[nH][nH]c(=O)c1CC(=O)N[C@@H]1CCCN(CCCc2ccccc2)C1. The molecule has 1 atom stereocenters. The van der Waals surface area contributed by atoms with E-state index >= 15 is 0 Å². The Morgan fingerprint density at radius 2 is 2.08 bits per heavy atom. The third-order valence-electron chi connectivity index (χ3n) is 5.08. The van der Waals surface area contributed by atoms with Crippen LogP contribution in [0, 0.1) is 6.92 Å². The highest BCUT2D eigenvalue weighted by atomic mass is 16.2. The van der Waals surface area contributed by atoms with Gasteiger partial charge in [-0.2, -0.15) is 0 Å². The summed E-state index contributed by atoms with van der Waals surface area (Å²) < 4.78 is 0. The summed E-state index contributed by atoms with van der Waals surface area (Å²) in [5.41, 5.74) is 2.43. The molecule has 0 aliphatic carbocycles. The van der Waals surface area contributed by atoms with Crippen LogP contribution in [0.15, 0.2) is 35.1 Å². The first-order valence-corrected chi connectivity index (χ1v) is 9.43. The Labute approximate surface area is 154 Å². The summed E-state index contributed by atoms with van der Waals surface area (Å²) >= 11 is 0. The maximum absolute atomic E-state index is 12.3. The molecule has 140 valence electrons. The monoisotopic (exact) mass is 356 g/mol. The van der Waals surface area contributed by atoms with E-state index in [2.05, 4.69) is 44.7 Å². The molecule has 0 bridgehead atoms. The van der Waals surface area contributed by atoms with E-state index < -0.39 is 0 Å². The number of amides is 1. The minimum Gasteiger partial charge on any atom is -0.352 e. The number of nitrogens with one attached hydrogen (secondary N) is 3. The number of aromatic amines is 2. The minimum atomic E-state index is -0.205. The van der Waals surface area contributed by atoms with Crippen LogP contribution in [-0.2, 0) is 17.6 Å². The van der Waals surface area contributed by atoms with Gasteiger partial charge in [-0.25, -0.2) is 0 Å². The fraction of sp³-hybridized carbons (Fsp3) is 0.500. The van der Waals surface area contributed by atoms with Crippen molar-refractivity contribution in [2.75, 3.05) is 19.6 Å². The van der Waals surface area contributed by atoms with Gasteiger partial charge in [0.05, 0.1) is 6.42 Å². The predicted molar refractivity (Wildman–Crippen MR) is 102 cm³/mol. The van der Waals surface area contributed by atoms with Gasteiger partial charge in [-0.05, 0) is 51.3 Å². The summed E-state index contributed by atoms with van der Waals surface area (Å²) in [6.07, 6.45) is 4.45. The van der Waals surface area contributed by atoms with Crippen molar-refractivity contribution in [1.82, 2.24) is 20.4 Å². The van der Waals surface area contributed by atoms with E-state index in [4.69, 9.17) is 0 Å². The van der Waals surface area contributed by atoms with Crippen LogP contribution < -0.4 is 10.9 Å². The topological polar surface area (TPSA) is 81.0 Å². The van der Waals surface area contributed by atoms with Crippen molar-refractivity contribution in [1.29, 1.82) is 0 Å². The van der Waals surface area contributed by atoms with Crippen LogP contribution in [-0.4, -0.2) is 46.7 Å². The van der Waals surface area contributed by atoms with Crippen LogP contribution in [0.1, 0.15) is 36.1 Å². The van der Waals surface area contributed by atoms with Crippen LogP contribution in [0.5, 0.6) is 0 Å². The van der Waals surface area contributed by atoms with E-state index in [-0.39, 0.29) is 23.9 Å². The summed E-state index contributed by atoms with van der Waals surface area (Å²) in [4.78, 5) is 26.4. The Morgan fingerprint density at radius 1 is 1.27 bits per heavy atom. The average Bonchev–Trinajstić information content (AvgIpc) is 2.95. The van der Waals surface area contributed by atoms with Crippen LogP contribution >= 0.6 is 0 Å². The highest BCUT2D eigenvalue weighted by Gasteiger charge is 2.22. The standard InChI is InChI=1S/C20H28N4O2/c1-15-18(20(26)23-22-15)13-19(25)21-17-10-6-12-24(14-17)11-5-9-16-7-3-2-4-8-16/h2-4,7-8,17H,5-6,9-14H2,1H3,(H,21,25)(H2,22,23,26)/t17-/m1/s1. The lowest BCUT2D eigenvalue weighted by atomic mass is 10.0.